The molecular weight excluding hydrogens is 312 g/mol. The lowest BCUT2D eigenvalue weighted by Crippen LogP contribution is -2.59. The van der Waals surface area contributed by atoms with Crippen LogP contribution in [0.15, 0.2) is 30.3 Å². The number of hydrogen-bond acceptors (Lipinski definition) is 7. The van der Waals surface area contributed by atoms with Crippen LogP contribution in [0.2, 0.25) is 0 Å². The molecule has 2 heterocycles. The molecule has 3 rings (SSSR count). The number of benzene rings is 1. The molecule has 1 aromatic carbocycles. The fourth-order valence-electron chi connectivity index (χ4n) is 2.67. The van der Waals surface area contributed by atoms with Gasteiger partial charge in [0.25, 0.3) is 0 Å². The Balaban J connectivity index is 2.08. The first-order valence-electron chi connectivity index (χ1n) is 7.59. The molecule has 7 nitrogen and oxygen atoms in total. The Hall–Kier alpha value is -2.38. The average molecular weight is 332 g/mol. The smallest absolute Gasteiger partial charge is 0.234 e. The summed E-state index contributed by atoms with van der Waals surface area (Å²) in [6.45, 7) is 5.04. The maximum absolute atomic E-state index is 11.1. The minimum absolute atomic E-state index is 0.134. The van der Waals surface area contributed by atoms with Gasteiger partial charge >= 0.3 is 0 Å². The van der Waals surface area contributed by atoms with Crippen LogP contribution < -0.4 is 9.47 Å². The SMILES string of the molecule is CC1(C)Oc2ccc(CO)cc2C(Oc2ccc(O)nn2)C1(C)O. The van der Waals surface area contributed by atoms with Crippen LogP contribution >= 0.6 is 0 Å². The molecule has 3 N–H and O–H groups in total. The molecule has 0 aliphatic carbocycles. The Labute approximate surface area is 139 Å². The van der Waals surface area contributed by atoms with Crippen molar-refractivity contribution in [1.29, 1.82) is 0 Å². The van der Waals surface area contributed by atoms with Gasteiger partial charge in [0.15, 0.2) is 6.10 Å². The van der Waals surface area contributed by atoms with E-state index >= 15 is 0 Å². The number of aliphatic hydroxyl groups excluding tert-OH is 1. The van der Waals surface area contributed by atoms with Crippen molar-refractivity contribution in [1.82, 2.24) is 10.2 Å². The van der Waals surface area contributed by atoms with E-state index in [9.17, 15) is 15.3 Å². The van der Waals surface area contributed by atoms with E-state index in [1.54, 1.807) is 39.0 Å². The second-order valence-electron chi connectivity index (χ2n) is 6.52. The van der Waals surface area contributed by atoms with Gasteiger partial charge in [0.2, 0.25) is 11.8 Å². The molecule has 1 aromatic heterocycles. The lowest BCUT2D eigenvalue weighted by molar-refractivity contribution is -0.175. The van der Waals surface area contributed by atoms with Crippen LogP contribution in [-0.2, 0) is 6.61 Å². The lowest BCUT2D eigenvalue weighted by Gasteiger charge is -2.48. The number of fused-ring (bicyclic) bond motifs is 1. The molecule has 0 radical (unpaired) electrons. The highest BCUT2D eigenvalue weighted by atomic mass is 16.6. The number of ether oxygens (including phenoxy) is 2. The van der Waals surface area contributed by atoms with Gasteiger partial charge in [-0.05, 0) is 38.5 Å². The van der Waals surface area contributed by atoms with Crippen molar-refractivity contribution in [3.05, 3.63) is 41.5 Å². The molecule has 0 fully saturated rings. The van der Waals surface area contributed by atoms with E-state index in [1.165, 1.54) is 12.1 Å². The Morgan fingerprint density at radius 2 is 1.92 bits per heavy atom. The fraction of sp³-hybridized carbons (Fsp3) is 0.412. The van der Waals surface area contributed by atoms with E-state index in [1.807, 2.05) is 0 Å². The minimum Gasteiger partial charge on any atom is -0.492 e. The number of aromatic hydroxyl groups is 1. The van der Waals surface area contributed by atoms with Crippen LogP contribution in [0.3, 0.4) is 0 Å². The maximum Gasteiger partial charge on any atom is 0.234 e. The highest BCUT2D eigenvalue weighted by molar-refractivity contribution is 5.44. The topological polar surface area (TPSA) is 105 Å². The second kappa shape index (κ2) is 5.61. The molecule has 2 unspecified atom stereocenters. The Morgan fingerprint density at radius 1 is 1.17 bits per heavy atom. The van der Waals surface area contributed by atoms with Gasteiger partial charge in [0, 0.05) is 17.7 Å². The molecule has 0 bridgehead atoms. The Kier molecular flexibility index (Phi) is 3.85. The van der Waals surface area contributed by atoms with Crippen molar-refractivity contribution < 1.29 is 24.8 Å². The molecule has 7 heteroatoms. The van der Waals surface area contributed by atoms with Crippen molar-refractivity contribution in [2.45, 2.75) is 44.7 Å². The molecule has 2 atom stereocenters. The van der Waals surface area contributed by atoms with Crippen LogP contribution in [0, 0.1) is 0 Å². The maximum atomic E-state index is 11.1. The zero-order chi connectivity index (χ0) is 17.5. The first kappa shape index (κ1) is 16.5. The van der Waals surface area contributed by atoms with Gasteiger partial charge in [-0.2, -0.15) is 0 Å². The van der Waals surface area contributed by atoms with E-state index in [-0.39, 0.29) is 18.4 Å². The third-order valence-corrected chi connectivity index (χ3v) is 4.50. The molecule has 0 amide bonds. The molecule has 1 aliphatic rings. The first-order valence-corrected chi connectivity index (χ1v) is 7.59. The standard InChI is InChI=1S/C17H20N2O5/c1-16(2)17(3,22)15(23-14-7-6-13(21)18-19-14)11-8-10(9-20)4-5-12(11)24-16/h4-8,15,20,22H,9H2,1-3H3,(H,18,21). The van der Waals surface area contributed by atoms with Gasteiger partial charge in [0.05, 0.1) is 6.61 Å². The highest BCUT2D eigenvalue weighted by Gasteiger charge is 2.54. The Bertz CT molecular complexity index is 743. The van der Waals surface area contributed by atoms with Crippen molar-refractivity contribution in [2.24, 2.45) is 0 Å². The van der Waals surface area contributed by atoms with E-state index in [2.05, 4.69) is 10.2 Å². The summed E-state index contributed by atoms with van der Waals surface area (Å²) in [6, 6.07) is 8.06. The summed E-state index contributed by atoms with van der Waals surface area (Å²) in [5, 5.41) is 37.0. The van der Waals surface area contributed by atoms with Gasteiger partial charge in [-0.15, -0.1) is 10.2 Å². The van der Waals surface area contributed by atoms with E-state index in [0.717, 1.165) is 0 Å². The third kappa shape index (κ3) is 2.65. The second-order valence-corrected chi connectivity index (χ2v) is 6.52. The molecule has 1 aliphatic heterocycles. The molecule has 0 saturated carbocycles. The molecular formula is C17H20N2O5. The van der Waals surface area contributed by atoms with Gasteiger partial charge in [0.1, 0.15) is 17.0 Å². The van der Waals surface area contributed by atoms with Crippen LogP contribution in [0.25, 0.3) is 0 Å². The molecule has 0 saturated heterocycles. The summed E-state index contributed by atoms with van der Waals surface area (Å²) in [6.07, 6.45) is -0.790. The molecule has 128 valence electrons. The number of nitrogens with zero attached hydrogens (tertiary/aromatic N) is 2. The van der Waals surface area contributed by atoms with Crippen LogP contribution in [0.1, 0.15) is 38.0 Å². The van der Waals surface area contributed by atoms with E-state index < -0.39 is 17.3 Å². The van der Waals surface area contributed by atoms with Crippen molar-refractivity contribution in [3.8, 4) is 17.5 Å². The van der Waals surface area contributed by atoms with Crippen molar-refractivity contribution in [3.63, 3.8) is 0 Å². The predicted molar refractivity (Wildman–Crippen MR) is 84.8 cm³/mol. The number of aliphatic hydroxyl groups is 2. The van der Waals surface area contributed by atoms with Gasteiger partial charge in [-0.1, -0.05) is 6.07 Å². The minimum atomic E-state index is -1.38. The first-order chi connectivity index (χ1) is 11.2. The monoisotopic (exact) mass is 332 g/mol. The van der Waals surface area contributed by atoms with Crippen LogP contribution in [-0.4, -0.2) is 36.7 Å². The summed E-state index contributed by atoms with van der Waals surface area (Å²) < 4.78 is 11.8. The average Bonchev–Trinajstić information content (AvgIpc) is 2.53. The molecule has 2 aromatic rings. The number of rotatable bonds is 3. The van der Waals surface area contributed by atoms with Gasteiger partial charge in [-0.3, -0.25) is 0 Å². The summed E-state index contributed by atoms with van der Waals surface area (Å²) in [5.74, 6) is 0.515. The van der Waals surface area contributed by atoms with Crippen LogP contribution in [0.5, 0.6) is 17.5 Å². The molecule has 24 heavy (non-hydrogen) atoms. The Morgan fingerprint density at radius 3 is 2.54 bits per heavy atom. The van der Waals surface area contributed by atoms with Gasteiger partial charge < -0.3 is 24.8 Å². The fourth-order valence-corrected chi connectivity index (χ4v) is 2.67. The quantitative estimate of drug-likeness (QED) is 0.786. The van der Waals surface area contributed by atoms with Gasteiger partial charge in [-0.25, -0.2) is 0 Å². The van der Waals surface area contributed by atoms with Crippen molar-refractivity contribution in [2.75, 3.05) is 0 Å². The normalized spacial score (nSPS) is 24.8. The lowest BCUT2D eigenvalue weighted by atomic mass is 9.77. The zero-order valence-electron chi connectivity index (χ0n) is 13.7. The van der Waals surface area contributed by atoms with Crippen LogP contribution in [0.4, 0.5) is 0 Å². The van der Waals surface area contributed by atoms with E-state index in [4.69, 9.17) is 9.47 Å². The zero-order valence-corrected chi connectivity index (χ0v) is 13.7. The third-order valence-electron chi connectivity index (χ3n) is 4.50. The summed E-state index contributed by atoms with van der Waals surface area (Å²) in [4.78, 5) is 0. The predicted octanol–water partition coefficient (Wildman–Crippen LogP) is 1.72. The largest absolute Gasteiger partial charge is 0.492 e. The highest BCUT2D eigenvalue weighted by Crippen LogP contribution is 2.48. The summed E-state index contributed by atoms with van der Waals surface area (Å²) >= 11 is 0. The summed E-state index contributed by atoms with van der Waals surface area (Å²) in [7, 11) is 0. The van der Waals surface area contributed by atoms with Crippen molar-refractivity contribution >= 4 is 0 Å². The molecule has 0 spiro atoms. The van der Waals surface area contributed by atoms with E-state index in [0.29, 0.717) is 16.9 Å². The number of hydrogen-bond donors (Lipinski definition) is 3. The number of aromatic nitrogens is 2. The summed E-state index contributed by atoms with van der Waals surface area (Å²) in [5.41, 5.74) is -1.01.